The number of rotatable bonds is 4. The summed E-state index contributed by atoms with van der Waals surface area (Å²) in [6, 6.07) is 7.82. The molecule has 29 heavy (non-hydrogen) atoms. The van der Waals surface area contributed by atoms with Crippen molar-refractivity contribution in [3.8, 4) is 23.6 Å². The van der Waals surface area contributed by atoms with E-state index >= 15 is 0 Å². The lowest BCUT2D eigenvalue weighted by Crippen LogP contribution is -2.44. The second-order valence-electron chi connectivity index (χ2n) is 7.01. The van der Waals surface area contributed by atoms with Gasteiger partial charge in [0.05, 0.1) is 6.54 Å². The Hall–Kier alpha value is -3.31. The van der Waals surface area contributed by atoms with Gasteiger partial charge in [-0.25, -0.2) is 0 Å². The molecule has 8 heteroatoms. The van der Waals surface area contributed by atoms with E-state index in [9.17, 15) is 4.79 Å². The fourth-order valence-electron chi connectivity index (χ4n) is 3.35. The molecule has 0 bridgehead atoms. The van der Waals surface area contributed by atoms with Crippen molar-refractivity contribution in [3.05, 3.63) is 40.2 Å². The lowest BCUT2D eigenvalue weighted by molar-refractivity contribution is 0.415. The maximum Gasteiger partial charge on any atom is 0.306 e. The zero-order valence-electron chi connectivity index (χ0n) is 16.9. The molecule has 4 rings (SSSR count). The third-order valence-corrected chi connectivity index (χ3v) is 4.97. The number of fused-ring (bicyclic) bond motifs is 1. The van der Waals surface area contributed by atoms with Crippen molar-refractivity contribution in [3.63, 3.8) is 0 Å². The second-order valence-corrected chi connectivity index (χ2v) is 7.01. The minimum Gasteiger partial charge on any atom is -0.425 e. The van der Waals surface area contributed by atoms with Crippen LogP contribution in [0.5, 0.6) is 11.8 Å². The minimum atomic E-state index is -0.205. The van der Waals surface area contributed by atoms with Crippen LogP contribution < -0.4 is 20.5 Å². The molecule has 8 nitrogen and oxygen atoms in total. The molecule has 150 valence electrons. The van der Waals surface area contributed by atoms with Gasteiger partial charge in [-0.15, -0.1) is 5.92 Å². The molecule has 0 unspecified atom stereocenters. The van der Waals surface area contributed by atoms with E-state index in [1.165, 1.54) is 4.57 Å². The van der Waals surface area contributed by atoms with Gasteiger partial charge < -0.3 is 15.0 Å². The van der Waals surface area contributed by atoms with Crippen molar-refractivity contribution in [2.24, 2.45) is 7.05 Å². The van der Waals surface area contributed by atoms with Crippen LogP contribution in [0.25, 0.3) is 11.2 Å². The first-order valence-corrected chi connectivity index (χ1v) is 9.65. The van der Waals surface area contributed by atoms with Gasteiger partial charge in [0.1, 0.15) is 5.75 Å². The van der Waals surface area contributed by atoms with Gasteiger partial charge >= 0.3 is 6.01 Å². The number of nitrogens with zero attached hydrogens (tertiary/aromatic N) is 5. The molecule has 1 aliphatic heterocycles. The molecule has 0 aliphatic carbocycles. The summed E-state index contributed by atoms with van der Waals surface area (Å²) in [5.74, 6) is 7.30. The van der Waals surface area contributed by atoms with Gasteiger partial charge in [-0.05, 0) is 26.0 Å². The maximum atomic E-state index is 13.2. The summed E-state index contributed by atoms with van der Waals surface area (Å²) in [6.45, 7) is 7.56. The summed E-state index contributed by atoms with van der Waals surface area (Å²) in [4.78, 5) is 24.6. The van der Waals surface area contributed by atoms with E-state index < -0.39 is 0 Å². The molecule has 3 heterocycles. The van der Waals surface area contributed by atoms with Crippen molar-refractivity contribution in [1.29, 1.82) is 0 Å². The Morgan fingerprint density at radius 2 is 1.90 bits per heavy atom. The van der Waals surface area contributed by atoms with Gasteiger partial charge in [0.15, 0.2) is 11.2 Å². The highest BCUT2D eigenvalue weighted by Gasteiger charge is 2.23. The number of nitrogens with one attached hydrogen (secondary N) is 1. The maximum absolute atomic E-state index is 13.2. The molecule has 1 fully saturated rings. The third kappa shape index (κ3) is 3.69. The van der Waals surface area contributed by atoms with Gasteiger partial charge in [-0.2, -0.15) is 9.97 Å². The normalized spacial score (nSPS) is 14.0. The minimum absolute atomic E-state index is 0.205. The Bertz CT molecular complexity index is 1140. The average Bonchev–Trinajstić information content (AvgIpc) is 3.11. The van der Waals surface area contributed by atoms with E-state index in [4.69, 9.17) is 9.72 Å². The molecule has 0 atom stereocenters. The van der Waals surface area contributed by atoms with Crippen molar-refractivity contribution in [2.75, 3.05) is 31.1 Å². The Kier molecular flexibility index (Phi) is 5.23. The Balaban J connectivity index is 1.82. The highest BCUT2D eigenvalue weighted by atomic mass is 16.5. The predicted molar refractivity (Wildman–Crippen MR) is 113 cm³/mol. The molecule has 2 aromatic heterocycles. The Labute approximate surface area is 169 Å². The van der Waals surface area contributed by atoms with Crippen LogP contribution in [-0.4, -0.2) is 45.3 Å². The van der Waals surface area contributed by atoms with E-state index in [1.54, 1.807) is 14.0 Å². The molecule has 0 amide bonds. The van der Waals surface area contributed by atoms with E-state index in [1.807, 2.05) is 35.8 Å². The van der Waals surface area contributed by atoms with E-state index in [2.05, 4.69) is 27.0 Å². The average molecular weight is 392 g/mol. The van der Waals surface area contributed by atoms with Crippen LogP contribution in [0.3, 0.4) is 0 Å². The Morgan fingerprint density at radius 3 is 2.59 bits per heavy atom. The second kappa shape index (κ2) is 7.97. The molecule has 0 spiro atoms. The summed E-state index contributed by atoms with van der Waals surface area (Å²) in [5.41, 5.74) is 1.75. The van der Waals surface area contributed by atoms with Crippen LogP contribution in [0.15, 0.2) is 29.1 Å². The van der Waals surface area contributed by atoms with Gasteiger partial charge in [-0.1, -0.05) is 23.6 Å². The summed E-state index contributed by atoms with van der Waals surface area (Å²) < 4.78 is 9.16. The molecule has 0 radical (unpaired) electrons. The summed E-state index contributed by atoms with van der Waals surface area (Å²) >= 11 is 0. The molecule has 1 N–H and O–H groups in total. The van der Waals surface area contributed by atoms with Gasteiger partial charge in [0, 0.05) is 33.2 Å². The topological polar surface area (TPSA) is 77.2 Å². The number of aromatic nitrogens is 4. The predicted octanol–water partition coefficient (Wildman–Crippen LogP) is 1.66. The summed E-state index contributed by atoms with van der Waals surface area (Å²) in [7, 11) is 1.66. The van der Waals surface area contributed by atoms with E-state index in [0.29, 0.717) is 23.5 Å². The summed E-state index contributed by atoms with van der Waals surface area (Å²) in [6.07, 6.45) is 0. The van der Waals surface area contributed by atoms with E-state index in [0.717, 1.165) is 37.7 Å². The van der Waals surface area contributed by atoms with Crippen LogP contribution >= 0.6 is 0 Å². The number of anilines is 1. The van der Waals surface area contributed by atoms with Crippen molar-refractivity contribution in [1.82, 2.24) is 24.4 Å². The molecule has 1 saturated heterocycles. The first-order chi connectivity index (χ1) is 14.1. The molecular formula is C21H24N6O2. The van der Waals surface area contributed by atoms with Gasteiger partial charge in [0.2, 0.25) is 5.95 Å². The molecule has 3 aromatic rings. The zero-order chi connectivity index (χ0) is 20.4. The van der Waals surface area contributed by atoms with Crippen LogP contribution in [-0.2, 0) is 13.6 Å². The number of benzene rings is 1. The largest absolute Gasteiger partial charge is 0.425 e. The molecular weight excluding hydrogens is 368 g/mol. The highest BCUT2D eigenvalue weighted by molar-refractivity contribution is 5.75. The molecule has 0 saturated carbocycles. The molecule has 1 aromatic carbocycles. The van der Waals surface area contributed by atoms with Crippen molar-refractivity contribution < 1.29 is 4.74 Å². The SMILES string of the molecule is CC#CCn1c(N2CCNCC2)nc2nc(Oc3ccc(C)cc3)n(C)c(=O)c21. The number of imidazole rings is 1. The van der Waals surface area contributed by atoms with Gasteiger partial charge in [0.25, 0.3) is 5.56 Å². The lowest BCUT2D eigenvalue weighted by atomic mass is 10.2. The zero-order valence-corrected chi connectivity index (χ0v) is 16.9. The lowest BCUT2D eigenvalue weighted by Gasteiger charge is -2.28. The molecule has 1 aliphatic rings. The number of hydrogen-bond acceptors (Lipinski definition) is 6. The van der Waals surface area contributed by atoms with Crippen LogP contribution in [0.2, 0.25) is 0 Å². The number of piperazine rings is 1. The van der Waals surface area contributed by atoms with Crippen LogP contribution in [0.1, 0.15) is 12.5 Å². The first-order valence-electron chi connectivity index (χ1n) is 9.65. The third-order valence-electron chi connectivity index (χ3n) is 4.97. The highest BCUT2D eigenvalue weighted by Crippen LogP contribution is 2.24. The fraction of sp³-hybridized carbons (Fsp3) is 0.381. The van der Waals surface area contributed by atoms with Crippen LogP contribution in [0, 0.1) is 18.8 Å². The number of hydrogen-bond donors (Lipinski definition) is 1. The van der Waals surface area contributed by atoms with Crippen LogP contribution in [0.4, 0.5) is 5.95 Å². The quantitative estimate of drug-likeness (QED) is 0.681. The number of aryl methyl sites for hydroxylation is 1. The smallest absolute Gasteiger partial charge is 0.306 e. The van der Waals surface area contributed by atoms with E-state index in [-0.39, 0.29) is 11.6 Å². The standard InChI is InChI=1S/C21H24N6O2/c1-4-5-12-27-17-18(23-20(27)26-13-10-22-11-14-26)24-21(25(3)19(17)28)29-16-8-6-15(2)7-9-16/h6-9,22H,10-14H2,1-3H3. The van der Waals surface area contributed by atoms with Crippen molar-refractivity contribution in [2.45, 2.75) is 20.4 Å². The fourth-order valence-corrected chi connectivity index (χ4v) is 3.35. The van der Waals surface area contributed by atoms with Crippen molar-refractivity contribution >= 4 is 17.1 Å². The van der Waals surface area contributed by atoms with Gasteiger partial charge in [-0.3, -0.25) is 13.9 Å². The summed E-state index contributed by atoms with van der Waals surface area (Å²) in [5, 5.41) is 3.33. The first kappa shape index (κ1) is 19.0. The number of ether oxygens (including phenoxy) is 1. The Morgan fingerprint density at radius 1 is 1.17 bits per heavy atom. The monoisotopic (exact) mass is 392 g/mol.